The number of rotatable bonds is 1. The van der Waals surface area contributed by atoms with Gasteiger partial charge in [0.15, 0.2) is 5.69 Å². The molecule has 1 N–H and O–H groups in total. The minimum Gasteiger partial charge on any atom is -0.354 e. The fraction of sp³-hybridized carbons (Fsp3) is 0.636. The largest absolute Gasteiger partial charge is 0.354 e. The maximum absolute atomic E-state index is 11.2. The molecule has 0 aliphatic heterocycles. The summed E-state index contributed by atoms with van der Waals surface area (Å²) in [6.07, 6.45) is 0. The van der Waals surface area contributed by atoms with Crippen molar-refractivity contribution in [3.8, 4) is 0 Å². The lowest BCUT2D eigenvalue weighted by Crippen LogP contribution is -2.19. The van der Waals surface area contributed by atoms with E-state index in [4.69, 9.17) is 0 Å². The lowest BCUT2D eigenvalue weighted by molar-refractivity contribution is 0.0957. The third-order valence-electron chi connectivity index (χ3n) is 1.78. The summed E-state index contributed by atoms with van der Waals surface area (Å²) >= 11 is 0. The van der Waals surface area contributed by atoms with Crippen LogP contribution in [0.25, 0.3) is 0 Å². The second-order valence-corrected chi connectivity index (χ2v) is 3.11. The normalized spacial score (nSPS) is 8.25. The molecule has 0 aliphatic carbocycles. The summed E-state index contributed by atoms with van der Waals surface area (Å²) in [5.74, 6) is -0.142. The first-order valence-corrected chi connectivity index (χ1v) is 6.16. The van der Waals surface area contributed by atoms with Gasteiger partial charge in [-0.15, -0.1) is 0 Å². The van der Waals surface area contributed by atoms with Crippen molar-refractivity contribution in [2.45, 2.75) is 34.6 Å². The highest BCUT2D eigenvalue weighted by atomic mass is 31.0. The van der Waals surface area contributed by atoms with Crippen LogP contribution < -0.4 is 10.8 Å². The van der Waals surface area contributed by atoms with Gasteiger partial charge in [0.2, 0.25) is 0 Å². The van der Waals surface area contributed by atoms with Gasteiger partial charge in [0.1, 0.15) is 0 Å². The highest BCUT2D eigenvalue weighted by Crippen LogP contribution is 2.04. The van der Waals surface area contributed by atoms with Crippen molar-refractivity contribution in [1.29, 1.82) is 0 Å². The van der Waals surface area contributed by atoms with Crippen molar-refractivity contribution in [1.82, 2.24) is 15.1 Å². The van der Waals surface area contributed by atoms with E-state index in [2.05, 4.69) is 19.7 Å². The van der Waals surface area contributed by atoms with Gasteiger partial charge in [-0.05, 0) is 6.92 Å². The summed E-state index contributed by atoms with van der Waals surface area (Å²) in [5.41, 5.74) is 2.33. The first kappa shape index (κ1) is 17.5. The Kier molecular flexibility index (Phi) is 10.2. The predicted molar refractivity (Wildman–Crippen MR) is 73.4 cm³/mol. The fourth-order valence-electron chi connectivity index (χ4n) is 0.977. The van der Waals surface area contributed by atoms with E-state index in [-0.39, 0.29) is 5.91 Å². The molecule has 1 atom stereocenters. The van der Waals surface area contributed by atoms with Crippen LogP contribution in [-0.4, -0.2) is 22.7 Å². The number of nitrogens with one attached hydrogen (secondary N) is 1. The average molecular weight is 245 g/mol. The minimum absolute atomic E-state index is 0.142. The maximum atomic E-state index is 11.2. The zero-order chi connectivity index (χ0) is 13.3. The first-order valence-electron chi connectivity index (χ1n) is 5.59. The molecule has 0 bridgehead atoms. The second-order valence-electron chi connectivity index (χ2n) is 2.56. The molecule has 0 fully saturated rings. The molecule has 16 heavy (non-hydrogen) atoms. The highest BCUT2D eigenvalue weighted by Gasteiger charge is 2.14. The third kappa shape index (κ3) is 4.31. The lowest BCUT2D eigenvalue weighted by atomic mass is 10.3. The molecule has 1 rings (SSSR count). The van der Waals surface area contributed by atoms with Crippen LogP contribution in [0, 0.1) is 6.92 Å². The zero-order valence-corrected chi connectivity index (χ0v) is 12.5. The van der Waals surface area contributed by atoms with E-state index in [0.717, 1.165) is 11.0 Å². The van der Waals surface area contributed by atoms with Crippen LogP contribution >= 0.6 is 9.24 Å². The third-order valence-corrected chi connectivity index (χ3v) is 2.59. The van der Waals surface area contributed by atoms with Crippen LogP contribution in [-0.2, 0) is 7.05 Å². The second kappa shape index (κ2) is 9.34. The summed E-state index contributed by atoms with van der Waals surface area (Å²) in [4.78, 5) is 11.2. The van der Waals surface area contributed by atoms with Crippen LogP contribution in [0.1, 0.15) is 43.7 Å². The summed E-state index contributed by atoms with van der Waals surface area (Å²) in [6, 6.07) is 0. The molecule has 1 aromatic rings. The topological polar surface area (TPSA) is 46.9 Å². The van der Waals surface area contributed by atoms with Crippen molar-refractivity contribution in [2.75, 3.05) is 7.05 Å². The number of amides is 1. The lowest BCUT2D eigenvalue weighted by Gasteiger charge is -1.94. The Labute approximate surface area is 101 Å². The van der Waals surface area contributed by atoms with Crippen LogP contribution in [0.4, 0.5) is 0 Å². The Morgan fingerprint density at radius 1 is 1.31 bits per heavy atom. The molecule has 5 heteroatoms. The van der Waals surface area contributed by atoms with Gasteiger partial charge in [-0.25, -0.2) is 0 Å². The molecule has 0 aromatic carbocycles. The minimum atomic E-state index is -0.142. The van der Waals surface area contributed by atoms with E-state index in [1.807, 2.05) is 41.7 Å². The molecule has 1 aromatic heterocycles. The molecule has 0 saturated heterocycles. The quantitative estimate of drug-likeness (QED) is 0.765. The Morgan fingerprint density at radius 2 is 1.75 bits per heavy atom. The molecular weight excluding hydrogens is 221 g/mol. The Bertz CT molecular complexity index is 321. The highest BCUT2D eigenvalue weighted by molar-refractivity contribution is 7.27. The smallest absolute Gasteiger partial charge is 0.271 e. The average Bonchev–Trinajstić information content (AvgIpc) is 2.61. The monoisotopic (exact) mass is 245 g/mol. The summed E-state index contributed by atoms with van der Waals surface area (Å²) in [6.45, 7) is 9.87. The van der Waals surface area contributed by atoms with Crippen LogP contribution in [0.2, 0.25) is 0 Å². The standard InChI is InChI=1S/C7H12N3OP.2C2H6/c1-4-5(6(11)8-2)9-10(3)7(4)12;2*1-2/h12H2,1-3H3,(H,8,11);2*1-2H3. The Balaban J connectivity index is 0. The molecule has 0 saturated carbocycles. The number of hydrogen-bond acceptors (Lipinski definition) is 2. The summed E-state index contributed by atoms with van der Waals surface area (Å²) < 4.78 is 1.67. The number of nitrogens with zero attached hydrogens (tertiary/aromatic N) is 2. The van der Waals surface area contributed by atoms with Crippen LogP contribution in [0.5, 0.6) is 0 Å². The molecule has 4 nitrogen and oxygen atoms in total. The predicted octanol–water partition coefficient (Wildman–Crippen LogP) is 1.64. The van der Waals surface area contributed by atoms with Crippen molar-refractivity contribution in [2.24, 2.45) is 7.05 Å². The number of aryl methyl sites for hydroxylation is 1. The van der Waals surface area contributed by atoms with E-state index in [1.165, 1.54) is 0 Å². The molecule has 94 valence electrons. The number of carbonyl (C=O) groups excluding carboxylic acids is 1. The molecule has 0 radical (unpaired) electrons. The van der Waals surface area contributed by atoms with Gasteiger partial charge in [-0.1, -0.05) is 36.9 Å². The molecule has 0 spiro atoms. The van der Waals surface area contributed by atoms with Crippen molar-refractivity contribution in [3.63, 3.8) is 0 Å². The van der Waals surface area contributed by atoms with E-state index in [9.17, 15) is 4.79 Å². The fourth-order valence-corrected chi connectivity index (χ4v) is 1.17. The molecule has 1 amide bonds. The van der Waals surface area contributed by atoms with Gasteiger partial charge < -0.3 is 5.32 Å². The van der Waals surface area contributed by atoms with Crippen LogP contribution in [0.3, 0.4) is 0 Å². The summed E-state index contributed by atoms with van der Waals surface area (Å²) in [5, 5.41) is 6.60. The van der Waals surface area contributed by atoms with Gasteiger partial charge in [-0.2, -0.15) is 5.10 Å². The van der Waals surface area contributed by atoms with Gasteiger partial charge in [0, 0.05) is 19.7 Å². The maximum Gasteiger partial charge on any atom is 0.271 e. The van der Waals surface area contributed by atoms with E-state index < -0.39 is 0 Å². The van der Waals surface area contributed by atoms with Gasteiger partial charge in [0.25, 0.3) is 5.91 Å². The van der Waals surface area contributed by atoms with Gasteiger partial charge in [0.05, 0.1) is 5.44 Å². The van der Waals surface area contributed by atoms with E-state index >= 15 is 0 Å². The Hall–Kier alpha value is -0.890. The van der Waals surface area contributed by atoms with Gasteiger partial charge >= 0.3 is 0 Å². The molecule has 1 heterocycles. The number of hydrogen-bond donors (Lipinski definition) is 1. The van der Waals surface area contributed by atoms with Gasteiger partial charge in [-0.3, -0.25) is 9.48 Å². The van der Waals surface area contributed by atoms with E-state index in [0.29, 0.717) is 5.69 Å². The molecule has 0 aliphatic rings. The molecular formula is C11H24N3OP. The Morgan fingerprint density at radius 3 is 2.00 bits per heavy atom. The van der Waals surface area contributed by atoms with Crippen LogP contribution in [0.15, 0.2) is 0 Å². The van der Waals surface area contributed by atoms with Crippen molar-refractivity contribution < 1.29 is 4.79 Å². The van der Waals surface area contributed by atoms with E-state index in [1.54, 1.807) is 11.7 Å². The number of aromatic nitrogens is 2. The first-order chi connectivity index (χ1) is 7.57. The zero-order valence-electron chi connectivity index (χ0n) is 11.4. The van der Waals surface area contributed by atoms with Crippen molar-refractivity contribution >= 4 is 20.6 Å². The SMILES string of the molecule is CC.CC.CNC(=O)c1nn(C)c(P)c1C. The van der Waals surface area contributed by atoms with Crippen molar-refractivity contribution in [3.05, 3.63) is 11.3 Å². The summed E-state index contributed by atoms with van der Waals surface area (Å²) in [7, 11) is 5.96. The molecule has 1 unspecified atom stereocenters. The number of carbonyl (C=O) groups is 1.